The number of aliphatic hydroxyl groups is 1. The van der Waals surface area contributed by atoms with Crippen molar-refractivity contribution in [3.8, 4) is 0 Å². The molecule has 0 radical (unpaired) electrons. The number of anilines is 1. The van der Waals surface area contributed by atoms with Crippen molar-refractivity contribution in [3.63, 3.8) is 0 Å². The van der Waals surface area contributed by atoms with Gasteiger partial charge >= 0.3 is 0 Å². The van der Waals surface area contributed by atoms with Crippen LogP contribution in [0.5, 0.6) is 0 Å². The monoisotopic (exact) mass is 262 g/mol. The Morgan fingerprint density at radius 1 is 1.39 bits per heavy atom. The Kier molecular flexibility index (Phi) is 3.22. The minimum absolute atomic E-state index is 0.175. The molecule has 3 heterocycles. The molecule has 2 aromatic rings. The number of nitrogens with zero attached hydrogens (tertiary/aromatic N) is 2. The number of hydrogen-bond acceptors (Lipinski definition) is 4. The Morgan fingerprint density at radius 3 is 2.89 bits per heavy atom. The van der Waals surface area contributed by atoms with Crippen molar-refractivity contribution in [2.45, 2.75) is 25.9 Å². The normalized spacial score (nSPS) is 19.3. The lowest BCUT2D eigenvalue weighted by atomic mass is 9.92. The first-order chi connectivity index (χ1) is 8.75. The number of thiophene rings is 1. The molecule has 0 saturated carbocycles. The van der Waals surface area contributed by atoms with Crippen LogP contribution in [-0.4, -0.2) is 29.3 Å². The van der Waals surface area contributed by atoms with Crippen LogP contribution < -0.4 is 4.90 Å². The number of aliphatic hydroxyl groups excluding tert-OH is 1. The summed E-state index contributed by atoms with van der Waals surface area (Å²) in [5, 5.41) is 11.7. The number of rotatable bonds is 2. The molecule has 1 aliphatic rings. The van der Waals surface area contributed by atoms with E-state index in [2.05, 4.69) is 27.4 Å². The highest BCUT2D eigenvalue weighted by atomic mass is 32.1. The number of piperidine rings is 1. The van der Waals surface area contributed by atoms with Crippen LogP contribution in [0.4, 0.5) is 5.69 Å². The molecule has 96 valence electrons. The van der Waals surface area contributed by atoms with Gasteiger partial charge in [-0.1, -0.05) is 0 Å². The molecule has 0 spiro atoms. The van der Waals surface area contributed by atoms with Crippen LogP contribution in [0, 0.1) is 5.92 Å². The van der Waals surface area contributed by atoms with Crippen LogP contribution in [0.15, 0.2) is 23.7 Å². The molecule has 3 nitrogen and oxygen atoms in total. The van der Waals surface area contributed by atoms with Crippen molar-refractivity contribution < 1.29 is 5.11 Å². The zero-order valence-corrected chi connectivity index (χ0v) is 11.4. The summed E-state index contributed by atoms with van der Waals surface area (Å²) >= 11 is 1.76. The maximum absolute atomic E-state index is 9.65. The summed E-state index contributed by atoms with van der Waals surface area (Å²) in [4.78, 5) is 6.81. The standard InChI is InChI=1S/C14H18N2OS/c1-10(17)11-3-7-16(8-4-11)13-2-6-15-12-5-9-18-14(12)13/h2,5-6,9-11,17H,3-4,7-8H2,1H3. The lowest BCUT2D eigenvalue weighted by Crippen LogP contribution is -2.37. The minimum atomic E-state index is -0.175. The van der Waals surface area contributed by atoms with Crippen molar-refractivity contribution in [2.75, 3.05) is 18.0 Å². The number of hydrogen-bond donors (Lipinski definition) is 1. The molecule has 1 unspecified atom stereocenters. The van der Waals surface area contributed by atoms with Crippen LogP contribution >= 0.6 is 11.3 Å². The zero-order chi connectivity index (χ0) is 12.5. The van der Waals surface area contributed by atoms with E-state index in [0.29, 0.717) is 5.92 Å². The Bertz CT molecular complexity index is 529. The maximum atomic E-state index is 9.65. The van der Waals surface area contributed by atoms with Crippen LogP contribution in [-0.2, 0) is 0 Å². The maximum Gasteiger partial charge on any atom is 0.0830 e. The highest BCUT2D eigenvalue weighted by Gasteiger charge is 2.23. The van der Waals surface area contributed by atoms with E-state index >= 15 is 0 Å². The summed E-state index contributed by atoms with van der Waals surface area (Å²) in [7, 11) is 0. The number of pyridine rings is 1. The Balaban J connectivity index is 1.82. The fourth-order valence-electron chi connectivity index (χ4n) is 2.73. The van der Waals surface area contributed by atoms with Gasteiger partial charge in [0, 0.05) is 19.3 Å². The predicted octanol–water partition coefficient (Wildman–Crippen LogP) is 2.89. The van der Waals surface area contributed by atoms with Crippen LogP contribution in [0.25, 0.3) is 10.2 Å². The highest BCUT2D eigenvalue weighted by Crippen LogP contribution is 2.32. The lowest BCUT2D eigenvalue weighted by Gasteiger charge is -2.34. The van der Waals surface area contributed by atoms with Gasteiger partial charge in [0.05, 0.1) is 22.0 Å². The molecular weight excluding hydrogens is 244 g/mol. The van der Waals surface area contributed by atoms with Crippen molar-refractivity contribution in [3.05, 3.63) is 23.7 Å². The number of fused-ring (bicyclic) bond motifs is 1. The summed E-state index contributed by atoms with van der Waals surface area (Å²) in [6.45, 7) is 3.98. The molecule has 0 amide bonds. The SMILES string of the molecule is CC(O)C1CCN(c2ccnc3ccsc23)CC1. The molecule has 0 bridgehead atoms. The molecule has 18 heavy (non-hydrogen) atoms. The van der Waals surface area contributed by atoms with E-state index in [0.717, 1.165) is 31.4 Å². The second-order valence-corrected chi connectivity index (χ2v) is 5.95. The van der Waals surface area contributed by atoms with E-state index in [-0.39, 0.29) is 6.10 Å². The van der Waals surface area contributed by atoms with Gasteiger partial charge in [-0.15, -0.1) is 11.3 Å². The predicted molar refractivity (Wildman–Crippen MR) is 76.2 cm³/mol. The minimum Gasteiger partial charge on any atom is -0.393 e. The Morgan fingerprint density at radius 2 is 2.17 bits per heavy atom. The molecule has 0 aromatic carbocycles. The first-order valence-corrected chi connectivity index (χ1v) is 7.39. The summed E-state index contributed by atoms with van der Waals surface area (Å²) < 4.78 is 1.29. The Labute approximate surface area is 111 Å². The summed E-state index contributed by atoms with van der Waals surface area (Å²) in [6.07, 6.45) is 3.87. The van der Waals surface area contributed by atoms with Crippen LogP contribution in [0.2, 0.25) is 0 Å². The van der Waals surface area contributed by atoms with E-state index < -0.39 is 0 Å². The van der Waals surface area contributed by atoms with Gasteiger partial charge in [-0.25, -0.2) is 0 Å². The quantitative estimate of drug-likeness (QED) is 0.904. The van der Waals surface area contributed by atoms with Crippen molar-refractivity contribution >= 4 is 27.2 Å². The van der Waals surface area contributed by atoms with Gasteiger partial charge in [0.15, 0.2) is 0 Å². The molecule has 1 atom stereocenters. The van der Waals surface area contributed by atoms with Crippen LogP contribution in [0.3, 0.4) is 0 Å². The molecule has 1 aliphatic heterocycles. The van der Waals surface area contributed by atoms with Gasteiger partial charge in [0.2, 0.25) is 0 Å². The zero-order valence-electron chi connectivity index (χ0n) is 10.5. The summed E-state index contributed by atoms with van der Waals surface area (Å²) in [5.74, 6) is 0.460. The second-order valence-electron chi connectivity index (χ2n) is 5.03. The van der Waals surface area contributed by atoms with E-state index in [9.17, 15) is 5.11 Å². The van der Waals surface area contributed by atoms with E-state index in [4.69, 9.17) is 0 Å². The third-order valence-corrected chi connectivity index (χ3v) is 4.81. The fourth-order valence-corrected chi connectivity index (χ4v) is 3.62. The lowest BCUT2D eigenvalue weighted by molar-refractivity contribution is 0.110. The molecule has 1 N–H and O–H groups in total. The van der Waals surface area contributed by atoms with Gasteiger partial charge in [-0.2, -0.15) is 0 Å². The summed E-state index contributed by atoms with van der Waals surface area (Å²) in [5.41, 5.74) is 2.40. The van der Waals surface area contributed by atoms with E-state index in [1.165, 1.54) is 10.4 Å². The van der Waals surface area contributed by atoms with Crippen molar-refractivity contribution in [2.24, 2.45) is 5.92 Å². The largest absolute Gasteiger partial charge is 0.393 e. The third kappa shape index (κ3) is 2.10. The molecule has 4 heteroatoms. The smallest absolute Gasteiger partial charge is 0.0830 e. The molecule has 1 saturated heterocycles. The third-order valence-electron chi connectivity index (χ3n) is 3.89. The second kappa shape index (κ2) is 4.86. The average molecular weight is 262 g/mol. The van der Waals surface area contributed by atoms with Crippen molar-refractivity contribution in [1.82, 2.24) is 4.98 Å². The van der Waals surface area contributed by atoms with Crippen molar-refractivity contribution in [1.29, 1.82) is 0 Å². The molecule has 0 aliphatic carbocycles. The fraction of sp³-hybridized carbons (Fsp3) is 0.500. The topological polar surface area (TPSA) is 36.4 Å². The molecular formula is C14H18N2OS. The van der Waals surface area contributed by atoms with Gasteiger partial charge in [-0.3, -0.25) is 4.98 Å². The van der Waals surface area contributed by atoms with Gasteiger partial charge < -0.3 is 10.0 Å². The molecule has 2 aromatic heterocycles. The van der Waals surface area contributed by atoms with E-state index in [1.54, 1.807) is 11.3 Å². The first-order valence-electron chi connectivity index (χ1n) is 6.51. The van der Waals surface area contributed by atoms with Gasteiger partial charge in [0.25, 0.3) is 0 Å². The highest BCUT2D eigenvalue weighted by molar-refractivity contribution is 7.17. The van der Waals surface area contributed by atoms with E-state index in [1.807, 2.05) is 13.1 Å². The average Bonchev–Trinajstić information content (AvgIpc) is 2.87. The van der Waals surface area contributed by atoms with Gasteiger partial charge in [-0.05, 0) is 43.2 Å². The first kappa shape index (κ1) is 11.9. The van der Waals surface area contributed by atoms with Gasteiger partial charge in [0.1, 0.15) is 0 Å². The van der Waals surface area contributed by atoms with Crippen LogP contribution in [0.1, 0.15) is 19.8 Å². The summed E-state index contributed by atoms with van der Waals surface area (Å²) in [6, 6.07) is 4.19. The molecule has 1 fully saturated rings. The number of aromatic nitrogens is 1. The Hall–Kier alpha value is -1.13. The molecule has 3 rings (SSSR count).